The van der Waals surface area contributed by atoms with Gasteiger partial charge in [0, 0.05) is 17.5 Å². The Morgan fingerprint density at radius 3 is 2.50 bits per heavy atom. The van der Waals surface area contributed by atoms with Crippen LogP contribution in [0.4, 0.5) is 0 Å². The lowest BCUT2D eigenvalue weighted by atomic mass is 9.87. The lowest BCUT2D eigenvalue weighted by Gasteiger charge is -2.21. The van der Waals surface area contributed by atoms with E-state index in [4.69, 9.17) is 4.74 Å². The second kappa shape index (κ2) is 8.50. The number of methoxy groups -OCH3 is 1. The van der Waals surface area contributed by atoms with Crippen molar-refractivity contribution in [3.8, 4) is 5.75 Å². The molecule has 4 nitrogen and oxygen atoms in total. The molecule has 0 aliphatic carbocycles. The largest absolute Gasteiger partial charge is 0.508 e. The molecule has 2 aromatic carbocycles. The van der Waals surface area contributed by atoms with Crippen molar-refractivity contribution in [1.29, 1.82) is 0 Å². The molecule has 0 unspecified atom stereocenters. The van der Waals surface area contributed by atoms with Crippen molar-refractivity contribution < 1.29 is 14.6 Å². The topological polar surface area (TPSA) is 58.6 Å². The molecule has 0 aliphatic rings. The van der Waals surface area contributed by atoms with E-state index < -0.39 is 5.97 Å². The van der Waals surface area contributed by atoms with Crippen molar-refractivity contribution in [3.63, 3.8) is 0 Å². The summed E-state index contributed by atoms with van der Waals surface area (Å²) in [4.78, 5) is 11.8. The number of carbonyl (C=O) groups is 1. The van der Waals surface area contributed by atoms with Gasteiger partial charge in [0.2, 0.25) is 0 Å². The first-order chi connectivity index (χ1) is 11.5. The SMILES string of the molecule is COC(=O)c1ccc(O)c([C@@H](CCNC(C)C)c2ccccc2)c1. The van der Waals surface area contributed by atoms with Crippen molar-refractivity contribution in [2.24, 2.45) is 0 Å². The highest BCUT2D eigenvalue weighted by molar-refractivity contribution is 5.89. The third-order valence-corrected chi connectivity index (χ3v) is 4.01. The fourth-order valence-corrected chi connectivity index (χ4v) is 2.78. The number of rotatable bonds is 7. The molecule has 1 atom stereocenters. The van der Waals surface area contributed by atoms with Gasteiger partial charge in [0.25, 0.3) is 0 Å². The molecular weight excluding hydrogens is 302 g/mol. The van der Waals surface area contributed by atoms with Crippen LogP contribution < -0.4 is 5.32 Å². The third kappa shape index (κ3) is 4.59. The number of hydrogen-bond acceptors (Lipinski definition) is 4. The number of carbonyl (C=O) groups excluding carboxylic acids is 1. The highest BCUT2D eigenvalue weighted by Crippen LogP contribution is 2.34. The van der Waals surface area contributed by atoms with Gasteiger partial charge in [-0.3, -0.25) is 0 Å². The lowest BCUT2D eigenvalue weighted by Crippen LogP contribution is -2.25. The van der Waals surface area contributed by atoms with Gasteiger partial charge in [-0.1, -0.05) is 44.2 Å². The molecule has 0 aliphatic heterocycles. The third-order valence-electron chi connectivity index (χ3n) is 4.01. The van der Waals surface area contributed by atoms with Gasteiger partial charge in [-0.05, 0) is 36.7 Å². The quantitative estimate of drug-likeness (QED) is 0.761. The Morgan fingerprint density at radius 1 is 1.17 bits per heavy atom. The Morgan fingerprint density at radius 2 is 1.88 bits per heavy atom. The molecule has 0 amide bonds. The molecule has 0 fully saturated rings. The molecule has 0 spiro atoms. The van der Waals surface area contributed by atoms with Crippen LogP contribution in [0.1, 0.15) is 47.7 Å². The molecule has 2 rings (SSSR count). The van der Waals surface area contributed by atoms with Crippen LogP contribution >= 0.6 is 0 Å². The summed E-state index contributed by atoms with van der Waals surface area (Å²) >= 11 is 0. The van der Waals surface area contributed by atoms with Crippen LogP contribution in [0.3, 0.4) is 0 Å². The molecule has 2 N–H and O–H groups in total. The predicted molar refractivity (Wildman–Crippen MR) is 95.5 cm³/mol. The van der Waals surface area contributed by atoms with Gasteiger partial charge in [-0.25, -0.2) is 4.79 Å². The molecular formula is C20H25NO3. The van der Waals surface area contributed by atoms with Crippen LogP contribution in [-0.4, -0.2) is 30.8 Å². The smallest absolute Gasteiger partial charge is 0.337 e. The Bertz CT molecular complexity index is 668. The second-order valence-corrected chi connectivity index (χ2v) is 6.13. The lowest BCUT2D eigenvalue weighted by molar-refractivity contribution is 0.0600. The minimum atomic E-state index is -0.400. The van der Waals surface area contributed by atoms with Gasteiger partial charge in [0.05, 0.1) is 12.7 Å². The maximum atomic E-state index is 11.8. The Hall–Kier alpha value is -2.33. The fraction of sp³-hybridized carbons (Fsp3) is 0.350. The van der Waals surface area contributed by atoms with E-state index in [0.29, 0.717) is 11.6 Å². The van der Waals surface area contributed by atoms with Crippen LogP contribution in [0.5, 0.6) is 5.75 Å². The zero-order chi connectivity index (χ0) is 17.5. The number of phenolic OH excluding ortho intramolecular Hbond substituents is 1. The number of aromatic hydroxyl groups is 1. The summed E-state index contributed by atoms with van der Waals surface area (Å²) in [5.74, 6) is -0.202. The van der Waals surface area contributed by atoms with E-state index in [1.807, 2.05) is 30.3 Å². The van der Waals surface area contributed by atoms with E-state index in [9.17, 15) is 9.90 Å². The van der Waals surface area contributed by atoms with E-state index in [1.54, 1.807) is 18.2 Å². The van der Waals surface area contributed by atoms with Crippen molar-refractivity contribution in [1.82, 2.24) is 5.32 Å². The molecule has 0 bridgehead atoms. The first kappa shape index (κ1) is 18.0. The summed E-state index contributed by atoms with van der Waals surface area (Å²) in [6.07, 6.45) is 0.820. The van der Waals surface area contributed by atoms with E-state index in [1.165, 1.54) is 7.11 Å². The van der Waals surface area contributed by atoms with Crippen LogP contribution in [0.2, 0.25) is 0 Å². The minimum absolute atomic E-state index is 0.00190. The number of hydrogen-bond donors (Lipinski definition) is 2. The second-order valence-electron chi connectivity index (χ2n) is 6.13. The molecule has 24 heavy (non-hydrogen) atoms. The number of ether oxygens (including phenoxy) is 1. The van der Waals surface area contributed by atoms with Gasteiger partial charge >= 0.3 is 5.97 Å². The van der Waals surface area contributed by atoms with E-state index in [-0.39, 0.29) is 11.7 Å². The summed E-state index contributed by atoms with van der Waals surface area (Å²) in [6, 6.07) is 15.3. The van der Waals surface area contributed by atoms with Crippen molar-refractivity contribution in [3.05, 3.63) is 65.2 Å². The van der Waals surface area contributed by atoms with Gasteiger partial charge in [-0.15, -0.1) is 0 Å². The minimum Gasteiger partial charge on any atom is -0.508 e. The van der Waals surface area contributed by atoms with E-state index >= 15 is 0 Å². The van der Waals surface area contributed by atoms with Crippen LogP contribution in [-0.2, 0) is 4.74 Å². The average Bonchev–Trinajstić information content (AvgIpc) is 2.59. The number of phenols is 1. The molecule has 0 saturated carbocycles. The van der Waals surface area contributed by atoms with Crippen LogP contribution in [0.25, 0.3) is 0 Å². The van der Waals surface area contributed by atoms with Crippen molar-refractivity contribution in [2.45, 2.75) is 32.2 Å². The van der Waals surface area contributed by atoms with Crippen LogP contribution in [0.15, 0.2) is 48.5 Å². The van der Waals surface area contributed by atoms with Gasteiger partial charge < -0.3 is 15.2 Å². The molecule has 4 heteroatoms. The number of esters is 1. The maximum absolute atomic E-state index is 11.8. The first-order valence-electron chi connectivity index (χ1n) is 8.22. The summed E-state index contributed by atoms with van der Waals surface area (Å²) in [5.41, 5.74) is 2.30. The average molecular weight is 327 g/mol. The molecule has 2 aromatic rings. The Balaban J connectivity index is 2.37. The standard InChI is InChI=1S/C20H25NO3/c1-14(2)21-12-11-17(15-7-5-4-6-8-15)18-13-16(20(23)24-3)9-10-19(18)22/h4-10,13-14,17,21-22H,11-12H2,1-3H3/t17-/m0/s1. The zero-order valence-corrected chi connectivity index (χ0v) is 14.5. The molecule has 0 radical (unpaired) electrons. The number of nitrogens with one attached hydrogen (secondary N) is 1. The molecule has 0 heterocycles. The zero-order valence-electron chi connectivity index (χ0n) is 14.5. The summed E-state index contributed by atoms with van der Waals surface area (Å²) < 4.78 is 4.80. The molecule has 128 valence electrons. The highest BCUT2D eigenvalue weighted by Gasteiger charge is 2.19. The van der Waals surface area contributed by atoms with E-state index in [2.05, 4.69) is 19.2 Å². The van der Waals surface area contributed by atoms with Gasteiger partial charge in [0.1, 0.15) is 5.75 Å². The first-order valence-corrected chi connectivity index (χ1v) is 8.22. The van der Waals surface area contributed by atoms with Crippen molar-refractivity contribution >= 4 is 5.97 Å². The van der Waals surface area contributed by atoms with Crippen molar-refractivity contribution in [2.75, 3.05) is 13.7 Å². The summed E-state index contributed by atoms with van der Waals surface area (Å²) in [5, 5.41) is 13.8. The Labute approximate surface area is 143 Å². The Kier molecular flexibility index (Phi) is 6.38. The van der Waals surface area contributed by atoms with Crippen LogP contribution in [0, 0.1) is 0 Å². The normalized spacial score (nSPS) is 12.2. The summed E-state index contributed by atoms with van der Waals surface area (Å²) in [7, 11) is 1.36. The fourth-order valence-electron chi connectivity index (χ4n) is 2.78. The van der Waals surface area contributed by atoms with E-state index in [0.717, 1.165) is 24.1 Å². The van der Waals surface area contributed by atoms with Gasteiger partial charge in [-0.2, -0.15) is 0 Å². The molecule has 0 saturated heterocycles. The highest BCUT2D eigenvalue weighted by atomic mass is 16.5. The number of benzene rings is 2. The maximum Gasteiger partial charge on any atom is 0.337 e. The molecule has 0 aromatic heterocycles. The summed E-state index contributed by atoms with van der Waals surface area (Å²) in [6.45, 7) is 5.03. The monoisotopic (exact) mass is 327 g/mol. The van der Waals surface area contributed by atoms with Gasteiger partial charge in [0.15, 0.2) is 0 Å². The predicted octanol–water partition coefficient (Wildman–Crippen LogP) is 3.70.